The van der Waals surface area contributed by atoms with E-state index in [1.807, 2.05) is 79.7 Å². The van der Waals surface area contributed by atoms with E-state index in [0.29, 0.717) is 35.8 Å². The van der Waals surface area contributed by atoms with Gasteiger partial charge in [-0.1, -0.05) is 30.3 Å². The van der Waals surface area contributed by atoms with Crippen molar-refractivity contribution in [1.82, 2.24) is 4.57 Å². The summed E-state index contributed by atoms with van der Waals surface area (Å²) < 4.78 is 31.7. The number of aromatic nitrogens is 1. The van der Waals surface area contributed by atoms with E-state index in [1.54, 1.807) is 25.9 Å². The van der Waals surface area contributed by atoms with Gasteiger partial charge in [0, 0.05) is 23.7 Å². The number of ether oxygens (including phenoxy) is 5. The standard InChI is InChI=1S/C31H29NO6/c1-19-14-27-28(30(33)32(19)18-20-8-6-5-7-9-20)29-24-16-26(36-4)25(35-3)15-21(24)17-31(37-27,38-29)22-10-12-23(34-2)13-11-22/h5-16,29H,17-18H2,1-4H3/t29?,31-/m0/s1. The third-order valence-electron chi connectivity index (χ3n) is 7.42. The molecule has 2 aliphatic rings. The number of pyridine rings is 1. The average molecular weight is 512 g/mol. The van der Waals surface area contributed by atoms with Gasteiger partial charge in [-0.15, -0.1) is 0 Å². The molecule has 38 heavy (non-hydrogen) atoms. The second-order valence-electron chi connectivity index (χ2n) is 9.60. The Labute approximate surface area is 221 Å². The summed E-state index contributed by atoms with van der Waals surface area (Å²) in [5.41, 5.74) is 4.86. The van der Waals surface area contributed by atoms with Crippen molar-refractivity contribution in [2.75, 3.05) is 21.3 Å². The number of hydrogen-bond donors (Lipinski definition) is 0. The van der Waals surface area contributed by atoms with Crippen LogP contribution in [0.3, 0.4) is 0 Å². The maximum atomic E-state index is 14.1. The second-order valence-corrected chi connectivity index (χ2v) is 9.60. The number of nitrogens with zero attached hydrogens (tertiary/aromatic N) is 1. The number of rotatable bonds is 6. The molecule has 2 atom stereocenters. The summed E-state index contributed by atoms with van der Waals surface area (Å²) in [6, 6.07) is 23.4. The van der Waals surface area contributed by atoms with Crippen LogP contribution in [-0.2, 0) is 23.5 Å². The van der Waals surface area contributed by atoms with Gasteiger partial charge in [0.15, 0.2) is 11.5 Å². The van der Waals surface area contributed by atoms with Gasteiger partial charge in [-0.2, -0.15) is 0 Å². The molecular formula is C31H29NO6. The molecule has 2 aliphatic heterocycles. The second kappa shape index (κ2) is 9.26. The minimum atomic E-state index is -1.12. The summed E-state index contributed by atoms with van der Waals surface area (Å²) in [4.78, 5) is 14.1. The molecule has 0 saturated heterocycles. The van der Waals surface area contributed by atoms with Crippen molar-refractivity contribution in [3.63, 3.8) is 0 Å². The lowest BCUT2D eigenvalue weighted by Gasteiger charge is -2.46. The van der Waals surface area contributed by atoms with Gasteiger partial charge >= 0.3 is 0 Å². The largest absolute Gasteiger partial charge is 0.497 e. The normalized spacial score (nSPS) is 19.1. The molecule has 0 spiro atoms. The fourth-order valence-electron chi connectivity index (χ4n) is 5.45. The minimum absolute atomic E-state index is 0.139. The van der Waals surface area contributed by atoms with Gasteiger partial charge < -0.3 is 28.3 Å². The number of methoxy groups -OCH3 is 3. The van der Waals surface area contributed by atoms with Crippen LogP contribution in [0.1, 0.15) is 39.6 Å². The van der Waals surface area contributed by atoms with Crippen molar-refractivity contribution in [2.24, 2.45) is 0 Å². The van der Waals surface area contributed by atoms with Gasteiger partial charge in [0.1, 0.15) is 17.6 Å². The molecule has 0 saturated carbocycles. The molecule has 0 fully saturated rings. The molecule has 7 heteroatoms. The van der Waals surface area contributed by atoms with Gasteiger partial charge in [0.25, 0.3) is 5.56 Å². The number of aryl methyl sites for hydroxylation is 1. The van der Waals surface area contributed by atoms with E-state index >= 15 is 0 Å². The maximum absolute atomic E-state index is 14.1. The summed E-state index contributed by atoms with van der Waals surface area (Å²) in [6.45, 7) is 2.38. The van der Waals surface area contributed by atoms with Crippen LogP contribution in [-0.4, -0.2) is 25.9 Å². The highest BCUT2D eigenvalue weighted by atomic mass is 16.7. The van der Waals surface area contributed by atoms with E-state index in [9.17, 15) is 4.79 Å². The van der Waals surface area contributed by atoms with Crippen LogP contribution in [0, 0.1) is 6.92 Å². The first kappa shape index (κ1) is 24.1. The summed E-state index contributed by atoms with van der Waals surface area (Å²) >= 11 is 0. The van der Waals surface area contributed by atoms with Crippen molar-refractivity contribution in [2.45, 2.75) is 31.8 Å². The van der Waals surface area contributed by atoms with Crippen molar-refractivity contribution < 1.29 is 23.7 Å². The third-order valence-corrected chi connectivity index (χ3v) is 7.42. The summed E-state index contributed by atoms with van der Waals surface area (Å²) in [5.74, 6) is 1.34. The van der Waals surface area contributed by atoms with E-state index in [-0.39, 0.29) is 5.56 Å². The van der Waals surface area contributed by atoms with Crippen molar-refractivity contribution >= 4 is 0 Å². The average Bonchev–Trinajstić information content (AvgIpc) is 2.95. The Kier molecular flexibility index (Phi) is 5.88. The zero-order chi connectivity index (χ0) is 26.4. The Morgan fingerprint density at radius 1 is 0.921 bits per heavy atom. The van der Waals surface area contributed by atoms with Crippen molar-refractivity contribution in [1.29, 1.82) is 0 Å². The monoisotopic (exact) mass is 511 g/mol. The van der Waals surface area contributed by atoms with E-state index in [0.717, 1.165) is 33.7 Å². The summed E-state index contributed by atoms with van der Waals surface area (Å²) in [5, 5.41) is 0. The lowest BCUT2D eigenvalue weighted by atomic mass is 9.84. The highest BCUT2D eigenvalue weighted by Crippen LogP contribution is 2.53. The van der Waals surface area contributed by atoms with Crippen molar-refractivity contribution in [3.8, 4) is 23.0 Å². The van der Waals surface area contributed by atoms with E-state index in [2.05, 4.69) is 0 Å². The smallest absolute Gasteiger partial charge is 0.261 e. The van der Waals surface area contributed by atoms with Crippen LogP contribution in [0.5, 0.6) is 23.0 Å². The maximum Gasteiger partial charge on any atom is 0.261 e. The van der Waals surface area contributed by atoms with Crippen LogP contribution in [0.15, 0.2) is 77.6 Å². The molecule has 3 heterocycles. The van der Waals surface area contributed by atoms with E-state index in [4.69, 9.17) is 23.7 Å². The van der Waals surface area contributed by atoms with E-state index < -0.39 is 11.9 Å². The van der Waals surface area contributed by atoms with Crippen LogP contribution < -0.4 is 24.5 Å². The number of benzene rings is 3. The molecule has 0 aliphatic carbocycles. The molecule has 6 rings (SSSR count). The van der Waals surface area contributed by atoms with Gasteiger partial charge in [-0.3, -0.25) is 4.79 Å². The van der Waals surface area contributed by atoms with Crippen molar-refractivity contribution in [3.05, 3.63) is 117 Å². The first-order chi connectivity index (χ1) is 18.5. The molecule has 4 aromatic rings. The predicted molar refractivity (Wildman–Crippen MR) is 142 cm³/mol. The molecule has 0 amide bonds. The third kappa shape index (κ3) is 3.82. The Morgan fingerprint density at radius 3 is 2.32 bits per heavy atom. The Bertz CT molecular complexity index is 1560. The lowest BCUT2D eigenvalue weighted by Crippen LogP contribution is -2.48. The van der Waals surface area contributed by atoms with Crippen LogP contribution in [0.4, 0.5) is 0 Å². The molecule has 0 radical (unpaired) electrons. The van der Waals surface area contributed by atoms with Crippen LogP contribution >= 0.6 is 0 Å². The Morgan fingerprint density at radius 2 is 1.63 bits per heavy atom. The molecule has 1 unspecified atom stereocenters. The summed E-state index contributed by atoms with van der Waals surface area (Å²) in [7, 11) is 4.84. The lowest BCUT2D eigenvalue weighted by molar-refractivity contribution is -0.237. The topological polar surface area (TPSA) is 68.2 Å². The highest BCUT2D eigenvalue weighted by Gasteiger charge is 2.50. The molecule has 0 N–H and O–H groups in total. The first-order valence-corrected chi connectivity index (χ1v) is 12.5. The minimum Gasteiger partial charge on any atom is -0.497 e. The van der Waals surface area contributed by atoms with Gasteiger partial charge in [0.05, 0.1) is 33.4 Å². The Balaban J connectivity index is 1.56. The van der Waals surface area contributed by atoms with E-state index in [1.165, 1.54) is 0 Å². The number of fused-ring (bicyclic) bond motifs is 6. The molecule has 3 aromatic carbocycles. The molecular weight excluding hydrogens is 482 g/mol. The zero-order valence-electron chi connectivity index (χ0n) is 21.8. The Hall–Kier alpha value is -4.23. The first-order valence-electron chi connectivity index (χ1n) is 12.5. The molecule has 2 bridgehead atoms. The number of hydrogen-bond acceptors (Lipinski definition) is 6. The van der Waals surface area contributed by atoms with Gasteiger partial charge in [-0.05, 0) is 60.0 Å². The molecule has 194 valence electrons. The fraction of sp³-hybridized carbons (Fsp3) is 0.258. The fourth-order valence-corrected chi connectivity index (χ4v) is 5.45. The SMILES string of the molecule is COc1ccc([C@]23Cc4cc(OC)c(OC)cc4C(O2)c2c(cc(C)n(Cc4ccccc4)c2=O)O3)cc1. The van der Waals surface area contributed by atoms with Crippen LogP contribution in [0.25, 0.3) is 0 Å². The predicted octanol–water partition coefficient (Wildman–Crippen LogP) is 5.14. The molecule has 7 nitrogen and oxygen atoms in total. The summed E-state index contributed by atoms with van der Waals surface area (Å²) in [6.07, 6.45) is -0.226. The quantitative estimate of drug-likeness (QED) is 0.357. The van der Waals surface area contributed by atoms with Gasteiger partial charge in [0.2, 0.25) is 5.79 Å². The molecule has 1 aromatic heterocycles. The van der Waals surface area contributed by atoms with Gasteiger partial charge in [-0.25, -0.2) is 0 Å². The highest BCUT2D eigenvalue weighted by molar-refractivity contribution is 5.55. The van der Waals surface area contributed by atoms with Crippen LogP contribution in [0.2, 0.25) is 0 Å². The zero-order valence-corrected chi connectivity index (χ0v) is 21.8.